The summed E-state index contributed by atoms with van der Waals surface area (Å²) in [6.07, 6.45) is 0.178. The average Bonchev–Trinajstić information content (AvgIpc) is 3.10. The largest absolute Gasteiger partial charge is 0.370 e. The molecular weight excluding hydrogens is 328 g/mol. The monoisotopic (exact) mass is 350 g/mol. The van der Waals surface area contributed by atoms with Gasteiger partial charge < -0.3 is 14.5 Å². The second kappa shape index (κ2) is 7.30. The lowest BCUT2D eigenvalue weighted by Gasteiger charge is -2.34. The molecule has 2 atom stereocenters. The summed E-state index contributed by atoms with van der Waals surface area (Å²) >= 11 is 0. The number of carbonyl (C=O) groups excluding carboxylic acids is 2. The molecule has 0 radical (unpaired) electrons. The lowest BCUT2D eigenvalue weighted by molar-refractivity contribution is -0.143. The summed E-state index contributed by atoms with van der Waals surface area (Å²) in [6, 6.07) is 19.5. The van der Waals surface area contributed by atoms with Crippen LogP contribution in [0.15, 0.2) is 60.7 Å². The lowest BCUT2D eigenvalue weighted by Crippen LogP contribution is -2.45. The molecule has 0 aromatic heterocycles. The summed E-state index contributed by atoms with van der Waals surface area (Å²) in [4.78, 5) is 29.0. The molecule has 0 aliphatic carbocycles. The molecule has 0 N–H and O–H groups in total. The van der Waals surface area contributed by atoms with Gasteiger partial charge in [0.05, 0.1) is 19.1 Å². The molecule has 2 unspecified atom stereocenters. The molecule has 5 heteroatoms. The van der Waals surface area contributed by atoms with E-state index in [1.165, 1.54) is 0 Å². The molecule has 2 heterocycles. The predicted octanol–water partition coefficient (Wildman–Crippen LogP) is 2.64. The summed E-state index contributed by atoms with van der Waals surface area (Å²) in [5.74, 6) is -0.208. The van der Waals surface area contributed by atoms with Gasteiger partial charge in [0.2, 0.25) is 11.8 Å². The first-order chi connectivity index (χ1) is 12.7. The Morgan fingerprint density at radius 2 is 1.65 bits per heavy atom. The van der Waals surface area contributed by atoms with Gasteiger partial charge in [0, 0.05) is 25.2 Å². The van der Waals surface area contributed by atoms with Crippen LogP contribution in [0.3, 0.4) is 0 Å². The van der Waals surface area contributed by atoms with E-state index >= 15 is 0 Å². The molecule has 2 fully saturated rings. The minimum Gasteiger partial charge on any atom is -0.370 e. The fourth-order valence-corrected chi connectivity index (χ4v) is 3.71. The van der Waals surface area contributed by atoms with Crippen molar-refractivity contribution in [2.75, 3.05) is 31.1 Å². The number of carbonyl (C=O) groups is 2. The molecule has 2 amide bonds. The van der Waals surface area contributed by atoms with Crippen molar-refractivity contribution in [3.63, 3.8) is 0 Å². The number of benzene rings is 2. The minimum absolute atomic E-state index is 0.0161. The van der Waals surface area contributed by atoms with Crippen molar-refractivity contribution in [3.05, 3.63) is 66.2 Å². The van der Waals surface area contributed by atoms with Crippen molar-refractivity contribution >= 4 is 17.5 Å². The SMILES string of the molecule is O=C(C1CC(=O)N(c2ccccc2)C1)N1CCOC(c2ccccc2)C1. The molecule has 134 valence electrons. The summed E-state index contributed by atoms with van der Waals surface area (Å²) in [5.41, 5.74) is 1.94. The van der Waals surface area contributed by atoms with E-state index in [0.717, 1.165) is 11.3 Å². The zero-order valence-electron chi connectivity index (χ0n) is 14.6. The standard InChI is InChI=1S/C21H22N2O3/c24-20-13-17(14-23(20)18-9-5-2-6-10-18)21(25)22-11-12-26-19(15-22)16-7-3-1-4-8-16/h1-10,17,19H,11-15H2. The summed E-state index contributed by atoms with van der Waals surface area (Å²) in [5, 5.41) is 0. The van der Waals surface area contributed by atoms with Crippen molar-refractivity contribution in [1.82, 2.24) is 4.90 Å². The molecule has 2 aliphatic rings. The normalized spacial score (nSPS) is 23.3. The first kappa shape index (κ1) is 16.8. The Labute approximate surface area is 153 Å². The minimum atomic E-state index is -0.280. The molecule has 4 rings (SSSR count). The van der Waals surface area contributed by atoms with Crippen LogP contribution in [-0.4, -0.2) is 43.0 Å². The van der Waals surface area contributed by atoms with Crippen LogP contribution in [0.2, 0.25) is 0 Å². The number of morpholine rings is 1. The Balaban J connectivity index is 1.44. The van der Waals surface area contributed by atoms with Gasteiger partial charge in [0.1, 0.15) is 6.10 Å². The molecule has 2 saturated heterocycles. The van der Waals surface area contributed by atoms with Gasteiger partial charge in [-0.1, -0.05) is 48.5 Å². The highest BCUT2D eigenvalue weighted by molar-refractivity contribution is 6.00. The summed E-state index contributed by atoms with van der Waals surface area (Å²) < 4.78 is 5.85. The van der Waals surface area contributed by atoms with E-state index in [2.05, 4.69) is 0 Å². The zero-order valence-corrected chi connectivity index (χ0v) is 14.6. The Morgan fingerprint density at radius 3 is 2.38 bits per heavy atom. The Bertz CT molecular complexity index is 778. The first-order valence-electron chi connectivity index (χ1n) is 9.03. The highest BCUT2D eigenvalue weighted by Crippen LogP contribution is 2.28. The first-order valence-corrected chi connectivity index (χ1v) is 9.03. The van der Waals surface area contributed by atoms with Gasteiger partial charge in [-0.15, -0.1) is 0 Å². The smallest absolute Gasteiger partial charge is 0.228 e. The van der Waals surface area contributed by atoms with Crippen LogP contribution in [0.25, 0.3) is 0 Å². The lowest BCUT2D eigenvalue weighted by atomic mass is 10.0. The number of rotatable bonds is 3. The predicted molar refractivity (Wildman–Crippen MR) is 98.6 cm³/mol. The Kier molecular flexibility index (Phi) is 4.71. The van der Waals surface area contributed by atoms with Gasteiger partial charge in [-0.25, -0.2) is 0 Å². The van der Waals surface area contributed by atoms with E-state index in [0.29, 0.717) is 26.2 Å². The Hall–Kier alpha value is -2.66. The van der Waals surface area contributed by atoms with Gasteiger partial charge in [0.25, 0.3) is 0 Å². The van der Waals surface area contributed by atoms with Crippen molar-refractivity contribution in [2.45, 2.75) is 12.5 Å². The second-order valence-corrected chi connectivity index (χ2v) is 6.80. The third-order valence-electron chi connectivity index (χ3n) is 5.09. The number of nitrogens with zero attached hydrogens (tertiary/aromatic N) is 2. The highest BCUT2D eigenvalue weighted by atomic mass is 16.5. The van der Waals surface area contributed by atoms with E-state index in [1.54, 1.807) is 4.90 Å². The Morgan fingerprint density at radius 1 is 0.962 bits per heavy atom. The molecule has 0 saturated carbocycles. The molecule has 26 heavy (non-hydrogen) atoms. The van der Waals surface area contributed by atoms with Gasteiger partial charge >= 0.3 is 0 Å². The molecule has 2 aliphatic heterocycles. The molecule has 5 nitrogen and oxygen atoms in total. The molecule has 2 aromatic carbocycles. The molecule has 0 spiro atoms. The fourth-order valence-electron chi connectivity index (χ4n) is 3.71. The van der Waals surface area contributed by atoms with Crippen molar-refractivity contribution in [3.8, 4) is 0 Å². The number of anilines is 1. The molecule has 0 bridgehead atoms. The van der Waals surface area contributed by atoms with E-state index in [-0.39, 0.29) is 30.3 Å². The van der Waals surface area contributed by atoms with E-state index in [1.807, 2.05) is 65.6 Å². The number of para-hydroxylation sites is 1. The van der Waals surface area contributed by atoms with Gasteiger partial charge in [-0.05, 0) is 17.7 Å². The maximum atomic E-state index is 13.0. The highest BCUT2D eigenvalue weighted by Gasteiger charge is 2.38. The zero-order chi connectivity index (χ0) is 17.9. The third-order valence-corrected chi connectivity index (χ3v) is 5.09. The average molecular weight is 350 g/mol. The van der Waals surface area contributed by atoms with Crippen LogP contribution < -0.4 is 4.90 Å². The summed E-state index contributed by atoms with van der Waals surface area (Å²) in [6.45, 7) is 2.10. The fraction of sp³-hybridized carbons (Fsp3) is 0.333. The van der Waals surface area contributed by atoms with Gasteiger partial charge in [-0.3, -0.25) is 9.59 Å². The van der Waals surface area contributed by atoms with Crippen molar-refractivity contribution in [2.24, 2.45) is 5.92 Å². The van der Waals surface area contributed by atoms with Crippen LogP contribution in [-0.2, 0) is 14.3 Å². The number of amides is 2. The third kappa shape index (κ3) is 3.35. The maximum Gasteiger partial charge on any atom is 0.228 e. The van der Waals surface area contributed by atoms with Gasteiger partial charge in [0.15, 0.2) is 0 Å². The van der Waals surface area contributed by atoms with Crippen LogP contribution >= 0.6 is 0 Å². The molecule has 2 aromatic rings. The van der Waals surface area contributed by atoms with Crippen molar-refractivity contribution < 1.29 is 14.3 Å². The van der Waals surface area contributed by atoms with Crippen LogP contribution in [0.4, 0.5) is 5.69 Å². The van der Waals surface area contributed by atoms with Crippen LogP contribution in [0.1, 0.15) is 18.1 Å². The van der Waals surface area contributed by atoms with E-state index < -0.39 is 0 Å². The molecular formula is C21H22N2O3. The van der Waals surface area contributed by atoms with Crippen molar-refractivity contribution in [1.29, 1.82) is 0 Å². The second-order valence-electron chi connectivity index (χ2n) is 6.80. The van der Waals surface area contributed by atoms with E-state index in [4.69, 9.17) is 4.74 Å². The van der Waals surface area contributed by atoms with E-state index in [9.17, 15) is 9.59 Å². The topological polar surface area (TPSA) is 49.9 Å². The van der Waals surface area contributed by atoms with Gasteiger partial charge in [-0.2, -0.15) is 0 Å². The van der Waals surface area contributed by atoms with Crippen LogP contribution in [0.5, 0.6) is 0 Å². The number of hydrogen-bond acceptors (Lipinski definition) is 3. The number of hydrogen-bond donors (Lipinski definition) is 0. The number of ether oxygens (including phenoxy) is 1. The summed E-state index contributed by atoms with van der Waals surface area (Å²) in [7, 11) is 0. The van der Waals surface area contributed by atoms with Crippen LogP contribution in [0, 0.1) is 5.92 Å². The quantitative estimate of drug-likeness (QED) is 0.855. The maximum absolute atomic E-state index is 13.0.